The Morgan fingerprint density at radius 1 is 1.05 bits per heavy atom. The van der Waals surface area contributed by atoms with Crippen molar-refractivity contribution in [1.29, 1.82) is 0 Å². The van der Waals surface area contributed by atoms with Crippen LogP contribution in [0.5, 0.6) is 0 Å². The van der Waals surface area contributed by atoms with Crippen LogP contribution in [-0.4, -0.2) is 64.1 Å². The van der Waals surface area contributed by atoms with Crippen LogP contribution in [0, 0.1) is 5.92 Å². The molecule has 5 N–H and O–H groups in total. The second kappa shape index (κ2) is 6.95. The molecule has 2 aliphatic rings. The van der Waals surface area contributed by atoms with Gasteiger partial charge in [-0.1, -0.05) is 6.08 Å². The molecule has 0 bridgehead atoms. The lowest BCUT2D eigenvalue weighted by Crippen LogP contribution is -2.54. The third kappa shape index (κ3) is 3.56. The van der Waals surface area contributed by atoms with E-state index in [1.165, 1.54) is 6.08 Å². The minimum Gasteiger partial charge on any atom is -0.393 e. The molecule has 5 nitrogen and oxygen atoms in total. The van der Waals surface area contributed by atoms with Crippen LogP contribution >= 0.6 is 0 Å². The summed E-state index contributed by atoms with van der Waals surface area (Å²) in [6.45, 7) is -0.188. The van der Waals surface area contributed by atoms with Crippen molar-refractivity contribution in [3.63, 3.8) is 0 Å². The van der Waals surface area contributed by atoms with Gasteiger partial charge in [0.2, 0.25) is 0 Å². The van der Waals surface area contributed by atoms with Crippen molar-refractivity contribution < 1.29 is 24.8 Å². The van der Waals surface area contributed by atoms with E-state index >= 15 is 0 Å². The van der Waals surface area contributed by atoms with E-state index < -0.39 is 31.0 Å². The Balaban J connectivity index is 1.89. The van der Waals surface area contributed by atoms with Crippen LogP contribution in [0.3, 0.4) is 0 Å². The molecule has 2 rings (SSSR count). The molecule has 1 fully saturated rings. The van der Waals surface area contributed by atoms with Crippen molar-refractivity contribution >= 4 is 0 Å². The van der Waals surface area contributed by atoms with Crippen molar-refractivity contribution in [3.8, 4) is 0 Å². The molecule has 0 unspecified atom stereocenters. The maximum Gasteiger partial charge on any atom is 0.113 e. The van der Waals surface area contributed by atoms with Crippen molar-refractivity contribution in [2.24, 2.45) is 5.92 Å². The van der Waals surface area contributed by atoms with Crippen molar-refractivity contribution in [3.05, 3.63) is 11.6 Å². The summed E-state index contributed by atoms with van der Waals surface area (Å²) in [6.07, 6.45) is 0.827. The minimum absolute atomic E-state index is 0.111. The Morgan fingerprint density at radius 3 is 2.30 bits per heavy atom. The number of halogens is 1. The van der Waals surface area contributed by atoms with E-state index in [1.807, 2.05) is 0 Å². The number of nitrogens with one attached hydrogen (secondary N) is 1. The monoisotopic (exact) mass is 289 g/mol. The van der Waals surface area contributed by atoms with E-state index in [1.54, 1.807) is 0 Å². The first-order chi connectivity index (χ1) is 9.52. The van der Waals surface area contributed by atoms with E-state index in [0.717, 1.165) is 25.7 Å². The topological polar surface area (TPSA) is 93.0 Å². The highest BCUT2D eigenvalue weighted by molar-refractivity contribution is 5.21. The molecule has 0 aromatic carbocycles. The average Bonchev–Trinajstić information content (AvgIpc) is 2.46. The first-order valence-electron chi connectivity index (χ1n) is 7.25. The number of aliphatic hydroxyl groups is 4. The number of hydrogen-bond acceptors (Lipinski definition) is 5. The molecular formula is C14H24FNO4. The summed E-state index contributed by atoms with van der Waals surface area (Å²) in [5.41, 5.74) is 0.111. The zero-order chi connectivity index (χ0) is 14.7. The lowest BCUT2D eigenvalue weighted by atomic mass is 9.85. The highest BCUT2D eigenvalue weighted by atomic mass is 19.1. The number of rotatable bonds is 4. The largest absolute Gasteiger partial charge is 0.393 e. The second-order valence-electron chi connectivity index (χ2n) is 5.91. The normalized spacial score (nSPS) is 42.4. The Bertz CT molecular complexity index is 344. The third-order valence-corrected chi connectivity index (χ3v) is 4.43. The first-order valence-corrected chi connectivity index (χ1v) is 7.25. The third-order valence-electron chi connectivity index (χ3n) is 4.43. The molecule has 0 aliphatic heterocycles. The highest BCUT2D eigenvalue weighted by Crippen LogP contribution is 2.25. The van der Waals surface area contributed by atoms with Crippen LogP contribution in [-0.2, 0) is 0 Å². The lowest BCUT2D eigenvalue weighted by molar-refractivity contribution is -0.0634. The van der Waals surface area contributed by atoms with E-state index in [2.05, 4.69) is 5.32 Å². The smallest absolute Gasteiger partial charge is 0.113 e. The summed E-state index contributed by atoms with van der Waals surface area (Å²) in [6, 6.07) is -0.550. The first kappa shape index (κ1) is 15.9. The van der Waals surface area contributed by atoms with Crippen molar-refractivity contribution in [2.75, 3.05) is 13.2 Å². The van der Waals surface area contributed by atoms with Gasteiger partial charge in [0.15, 0.2) is 0 Å². The van der Waals surface area contributed by atoms with E-state index in [0.29, 0.717) is 12.5 Å². The van der Waals surface area contributed by atoms with Gasteiger partial charge >= 0.3 is 0 Å². The van der Waals surface area contributed by atoms with Gasteiger partial charge in [0.1, 0.15) is 25.0 Å². The summed E-state index contributed by atoms with van der Waals surface area (Å²) in [4.78, 5) is 0. The Kier molecular flexibility index (Phi) is 5.51. The molecule has 4 atom stereocenters. The highest BCUT2D eigenvalue weighted by Gasteiger charge is 2.37. The molecule has 0 spiro atoms. The maximum absolute atomic E-state index is 12.8. The van der Waals surface area contributed by atoms with Gasteiger partial charge in [0.25, 0.3) is 0 Å². The predicted molar refractivity (Wildman–Crippen MR) is 71.8 cm³/mol. The molecule has 20 heavy (non-hydrogen) atoms. The van der Waals surface area contributed by atoms with Gasteiger partial charge in [-0.15, -0.1) is 0 Å². The summed E-state index contributed by atoms with van der Waals surface area (Å²) >= 11 is 0. The molecule has 2 aliphatic carbocycles. The number of alkyl halides is 1. The molecule has 1 saturated carbocycles. The van der Waals surface area contributed by atoms with Gasteiger partial charge in [0.05, 0.1) is 12.1 Å². The van der Waals surface area contributed by atoms with E-state index in [-0.39, 0.29) is 11.7 Å². The van der Waals surface area contributed by atoms with E-state index in [4.69, 9.17) is 0 Å². The van der Waals surface area contributed by atoms with Gasteiger partial charge in [-0.3, -0.25) is 0 Å². The molecule has 116 valence electrons. The summed E-state index contributed by atoms with van der Waals surface area (Å²) < 4.78 is 12.8. The van der Waals surface area contributed by atoms with Crippen LogP contribution in [0.2, 0.25) is 0 Å². The zero-order valence-corrected chi connectivity index (χ0v) is 11.5. The second-order valence-corrected chi connectivity index (χ2v) is 5.91. The molecular weight excluding hydrogens is 265 g/mol. The molecule has 0 aromatic rings. The lowest BCUT2D eigenvalue weighted by Gasteiger charge is -2.35. The Labute approximate surface area is 118 Å². The number of aliphatic hydroxyl groups excluding tert-OH is 4. The van der Waals surface area contributed by atoms with Gasteiger partial charge < -0.3 is 25.7 Å². The standard InChI is InChI=1S/C14H24FNO4/c15-6-9-5-11(13(19)14(20)12(9)18)16-7-8-1-3-10(17)4-2-8/h5,8,10-14,16-20H,1-4,6-7H2/t8?,10?,11-,12+,13+,14+/m1/s1. The summed E-state index contributed by atoms with van der Waals surface area (Å²) in [5, 5.41) is 41.8. The van der Waals surface area contributed by atoms with Gasteiger partial charge in [-0.05, 0) is 43.7 Å². The van der Waals surface area contributed by atoms with Gasteiger partial charge in [-0.2, -0.15) is 0 Å². The predicted octanol–water partition coefficient (Wildman–Crippen LogP) is -0.512. The molecule has 0 heterocycles. The van der Waals surface area contributed by atoms with Crippen LogP contribution in [0.15, 0.2) is 11.6 Å². The Morgan fingerprint density at radius 2 is 1.70 bits per heavy atom. The molecule has 0 amide bonds. The van der Waals surface area contributed by atoms with E-state index in [9.17, 15) is 24.8 Å². The average molecular weight is 289 g/mol. The van der Waals surface area contributed by atoms with Crippen molar-refractivity contribution in [2.45, 2.75) is 56.1 Å². The van der Waals surface area contributed by atoms with Crippen LogP contribution in [0.25, 0.3) is 0 Å². The van der Waals surface area contributed by atoms with Crippen LogP contribution in [0.1, 0.15) is 25.7 Å². The molecule has 0 radical (unpaired) electrons. The summed E-state index contributed by atoms with van der Waals surface area (Å²) in [7, 11) is 0. The SMILES string of the molecule is OC1CCC(CN[C@@H]2C=C(CF)[C@H](O)[C@H](O)[C@H]2O)CC1. The van der Waals surface area contributed by atoms with Crippen molar-refractivity contribution in [1.82, 2.24) is 5.32 Å². The fraction of sp³-hybridized carbons (Fsp3) is 0.857. The molecule has 0 aromatic heterocycles. The minimum atomic E-state index is -1.36. The quantitative estimate of drug-likeness (QED) is 0.450. The van der Waals surface area contributed by atoms with Crippen LogP contribution in [0.4, 0.5) is 4.39 Å². The molecule has 0 saturated heterocycles. The van der Waals surface area contributed by atoms with Gasteiger partial charge in [0, 0.05) is 0 Å². The summed E-state index contributed by atoms with van der Waals surface area (Å²) in [5.74, 6) is 0.414. The van der Waals surface area contributed by atoms with Gasteiger partial charge in [-0.25, -0.2) is 4.39 Å². The zero-order valence-electron chi connectivity index (χ0n) is 11.5. The number of hydrogen-bond donors (Lipinski definition) is 5. The molecule has 6 heteroatoms. The maximum atomic E-state index is 12.8. The Hall–Kier alpha value is -0.530. The fourth-order valence-electron chi connectivity index (χ4n) is 3.00. The van der Waals surface area contributed by atoms with Crippen LogP contribution < -0.4 is 5.32 Å². The fourth-order valence-corrected chi connectivity index (χ4v) is 3.00.